The third kappa shape index (κ3) is 3.95. The van der Waals surface area contributed by atoms with Gasteiger partial charge in [-0.15, -0.1) is 11.8 Å². The molecule has 38 heavy (non-hydrogen) atoms. The molecule has 5 aromatic rings. The van der Waals surface area contributed by atoms with Crippen molar-refractivity contribution in [3.63, 3.8) is 0 Å². The first-order valence-electron chi connectivity index (χ1n) is 12.1. The number of benzene rings is 2. The highest BCUT2D eigenvalue weighted by molar-refractivity contribution is 7.99. The van der Waals surface area contributed by atoms with Crippen LogP contribution in [0.5, 0.6) is 0 Å². The second kappa shape index (κ2) is 9.18. The van der Waals surface area contributed by atoms with Crippen molar-refractivity contribution >= 4 is 34.5 Å². The molecule has 0 spiro atoms. The Bertz CT molecular complexity index is 1720. The maximum atomic E-state index is 13.9. The van der Waals surface area contributed by atoms with E-state index in [9.17, 15) is 14.0 Å². The smallest absolute Gasteiger partial charge is 0.328 e. The number of halogens is 1. The predicted octanol–water partition coefficient (Wildman–Crippen LogP) is 4.80. The molecule has 9 heteroatoms. The fourth-order valence-corrected chi connectivity index (χ4v) is 6.27. The summed E-state index contributed by atoms with van der Waals surface area (Å²) in [5, 5.41) is 0.711. The highest BCUT2D eigenvalue weighted by Gasteiger charge is 2.31. The number of nitrogens with zero attached hydrogens (tertiary/aromatic N) is 4. The summed E-state index contributed by atoms with van der Waals surface area (Å²) in [5.74, 6) is 6.16. The molecule has 0 radical (unpaired) electrons. The lowest BCUT2D eigenvalue weighted by Gasteiger charge is -2.12. The van der Waals surface area contributed by atoms with Crippen molar-refractivity contribution < 1.29 is 18.7 Å². The first kappa shape index (κ1) is 24.0. The van der Waals surface area contributed by atoms with Gasteiger partial charge in [-0.2, -0.15) is 0 Å². The molecule has 0 saturated carbocycles. The lowest BCUT2D eigenvalue weighted by molar-refractivity contribution is -0.639. The first-order valence-corrected chi connectivity index (χ1v) is 13.1. The van der Waals surface area contributed by atoms with Crippen LogP contribution in [-0.4, -0.2) is 39.9 Å². The Morgan fingerprint density at radius 2 is 1.82 bits per heavy atom. The Labute approximate surface area is 222 Å². The third-order valence-electron chi connectivity index (χ3n) is 6.85. The summed E-state index contributed by atoms with van der Waals surface area (Å²) in [4.78, 5) is 28.5. The number of fused-ring (bicyclic) bond motifs is 2. The zero-order chi connectivity index (χ0) is 26.6. The number of rotatable bonds is 4. The van der Waals surface area contributed by atoms with Crippen LogP contribution in [-0.2, 0) is 5.75 Å². The van der Waals surface area contributed by atoms with Crippen LogP contribution >= 0.6 is 11.8 Å². The number of hydrogen-bond acceptors (Lipinski definition) is 4. The van der Waals surface area contributed by atoms with E-state index in [0.717, 1.165) is 22.4 Å². The van der Waals surface area contributed by atoms with Crippen molar-refractivity contribution in [2.24, 2.45) is 0 Å². The van der Waals surface area contributed by atoms with Crippen LogP contribution in [0.3, 0.4) is 0 Å². The number of amides is 1. The van der Waals surface area contributed by atoms with Crippen molar-refractivity contribution in [2.45, 2.75) is 11.1 Å². The first-order chi connectivity index (χ1) is 18.3. The highest BCUT2D eigenvalue weighted by Crippen LogP contribution is 2.42. The van der Waals surface area contributed by atoms with Gasteiger partial charge in [-0.3, -0.25) is 9.36 Å². The molecule has 0 aliphatic carbocycles. The summed E-state index contributed by atoms with van der Waals surface area (Å²) in [6, 6.07) is 17.3. The molecule has 7 nitrogen and oxygen atoms in total. The predicted molar refractivity (Wildman–Crippen MR) is 146 cm³/mol. The van der Waals surface area contributed by atoms with Crippen molar-refractivity contribution in [1.29, 1.82) is 0 Å². The normalized spacial score (nSPS) is 14.6. The quantitative estimate of drug-likeness (QED) is 0.207. The number of thioether (sulfide) groups is 1. The van der Waals surface area contributed by atoms with Crippen LogP contribution < -0.4 is 10.5 Å². The fourth-order valence-electron chi connectivity index (χ4n) is 4.96. The lowest BCUT2D eigenvalue weighted by atomic mass is 10.00. The molecule has 4 heterocycles. The van der Waals surface area contributed by atoms with Crippen molar-refractivity contribution in [3.8, 4) is 11.1 Å². The number of carbonyl (C=O) groups is 2. The molecule has 1 amide bonds. The monoisotopic (exact) mass is 526 g/mol. The van der Waals surface area contributed by atoms with Crippen LogP contribution in [0.1, 0.15) is 32.6 Å². The van der Waals surface area contributed by atoms with E-state index in [2.05, 4.69) is 4.57 Å². The Hall–Kier alpha value is -4.37. The number of pyridine rings is 1. The van der Waals surface area contributed by atoms with Gasteiger partial charge in [-0.05, 0) is 41.5 Å². The Morgan fingerprint density at radius 1 is 1.05 bits per heavy atom. The van der Waals surface area contributed by atoms with Crippen LogP contribution in [0, 0.1) is 5.82 Å². The maximum Gasteiger partial charge on any atom is 0.328 e. The van der Waals surface area contributed by atoms with Crippen molar-refractivity contribution in [2.75, 3.05) is 19.9 Å². The molecule has 1 aliphatic rings. The highest BCUT2D eigenvalue weighted by atomic mass is 32.2. The van der Waals surface area contributed by atoms with Gasteiger partial charge in [-0.25, -0.2) is 15.0 Å². The number of nitrogen functional groups attached to an aromatic ring is 1. The van der Waals surface area contributed by atoms with Gasteiger partial charge in [0.1, 0.15) is 11.2 Å². The Morgan fingerprint density at radius 3 is 2.55 bits per heavy atom. The topological polar surface area (TPSA) is 77.1 Å². The Balaban J connectivity index is 1.43. The Kier molecular flexibility index (Phi) is 5.80. The van der Waals surface area contributed by atoms with Crippen LogP contribution in [0.15, 0.2) is 85.5 Å². The third-order valence-corrected chi connectivity index (χ3v) is 8.10. The molecule has 1 atom stereocenters. The van der Waals surface area contributed by atoms with E-state index in [-0.39, 0.29) is 23.0 Å². The largest absolute Gasteiger partial charge is 0.333 e. The van der Waals surface area contributed by atoms with E-state index >= 15 is 0 Å². The summed E-state index contributed by atoms with van der Waals surface area (Å²) in [6.07, 6.45) is 7.23. The molecule has 0 unspecified atom stereocenters. The molecule has 0 bridgehead atoms. The number of ketones is 1. The standard InChI is InChI=1S/C29H25FN5O2S/c1-32(2)29(37)35-16-24(22-10-7-19(14-25(22)35)18-5-8-21(30)9-6-18)27(36)23-11-13-34-26(23)17-38-28(34)20-4-3-12-33(31)15-20/h3-16,28H,17,31H2,1-2H3/q+1/t28-/m1/s1. The SMILES string of the molecule is CN(C)C(=O)n1cc(C(=O)c2ccn3c2CS[C@@H]3c2ccc[n+](N)c2)c2ccc(-c3ccc(F)cc3)cc21. The molecule has 3 aromatic heterocycles. The molecular formula is C29H25FN5O2S+. The van der Waals surface area contributed by atoms with Crippen LogP contribution in [0.4, 0.5) is 9.18 Å². The molecule has 6 rings (SSSR count). The van der Waals surface area contributed by atoms with Gasteiger partial charge in [0.05, 0.1) is 11.1 Å². The van der Waals surface area contributed by atoms with Gasteiger partial charge >= 0.3 is 6.03 Å². The second-order valence-corrected chi connectivity index (χ2v) is 10.6. The number of nitrogens with two attached hydrogens (primary N) is 1. The van der Waals surface area contributed by atoms with E-state index in [0.29, 0.717) is 27.8 Å². The number of hydrogen-bond donors (Lipinski definition) is 1. The van der Waals surface area contributed by atoms with E-state index in [1.807, 2.05) is 48.8 Å². The van der Waals surface area contributed by atoms with Gasteiger partial charge < -0.3 is 9.47 Å². The summed E-state index contributed by atoms with van der Waals surface area (Å²) < 4.78 is 18.6. The minimum atomic E-state index is -0.316. The minimum absolute atomic E-state index is 0.0254. The van der Waals surface area contributed by atoms with Gasteiger partial charge in [0.15, 0.2) is 12.0 Å². The maximum absolute atomic E-state index is 13.9. The van der Waals surface area contributed by atoms with E-state index in [4.69, 9.17) is 5.84 Å². The molecule has 1 aliphatic heterocycles. The zero-order valence-corrected chi connectivity index (χ0v) is 21.7. The molecular weight excluding hydrogens is 501 g/mol. The summed E-state index contributed by atoms with van der Waals surface area (Å²) in [5.41, 5.74) is 5.34. The van der Waals surface area contributed by atoms with Gasteiger partial charge in [-0.1, -0.05) is 28.9 Å². The molecule has 2 aromatic carbocycles. The minimum Gasteiger partial charge on any atom is -0.333 e. The van der Waals surface area contributed by atoms with Crippen molar-refractivity contribution in [1.82, 2.24) is 14.0 Å². The van der Waals surface area contributed by atoms with Gasteiger partial charge in [0.2, 0.25) is 6.20 Å². The average molecular weight is 527 g/mol. The zero-order valence-electron chi connectivity index (χ0n) is 20.8. The summed E-state index contributed by atoms with van der Waals surface area (Å²) in [7, 11) is 3.35. The lowest BCUT2D eigenvalue weighted by Crippen LogP contribution is -2.43. The number of carbonyl (C=O) groups excluding carboxylic acids is 2. The van der Waals surface area contributed by atoms with E-state index < -0.39 is 0 Å². The summed E-state index contributed by atoms with van der Waals surface area (Å²) in [6.45, 7) is 0. The molecule has 0 fully saturated rings. The summed E-state index contributed by atoms with van der Waals surface area (Å²) >= 11 is 1.73. The van der Waals surface area contributed by atoms with Crippen molar-refractivity contribution in [3.05, 3.63) is 114 Å². The van der Waals surface area contributed by atoms with Crippen LogP contribution in [0.2, 0.25) is 0 Å². The van der Waals surface area contributed by atoms with Crippen LogP contribution in [0.25, 0.3) is 22.0 Å². The van der Waals surface area contributed by atoms with E-state index in [1.54, 1.807) is 50.4 Å². The average Bonchev–Trinajstić information content (AvgIpc) is 3.61. The molecule has 0 saturated heterocycles. The van der Waals surface area contributed by atoms with E-state index in [1.165, 1.54) is 26.3 Å². The van der Waals surface area contributed by atoms with Gasteiger partial charge in [0.25, 0.3) is 0 Å². The fraction of sp³-hybridized carbons (Fsp3) is 0.138. The second-order valence-electron chi connectivity index (χ2n) is 9.49. The molecule has 2 N–H and O–H groups in total. The number of aromatic nitrogens is 3. The van der Waals surface area contributed by atoms with Gasteiger partial charge in [0, 0.05) is 60.5 Å². The molecule has 190 valence electrons.